The van der Waals surface area contributed by atoms with Crippen molar-refractivity contribution in [2.24, 2.45) is 5.10 Å². The second-order valence-corrected chi connectivity index (χ2v) is 9.15. The van der Waals surface area contributed by atoms with Crippen LogP contribution in [0.5, 0.6) is 0 Å². The number of anilines is 1. The quantitative estimate of drug-likeness (QED) is 0.294. The summed E-state index contributed by atoms with van der Waals surface area (Å²) in [6, 6.07) is 18.3. The molecule has 3 aromatic rings. The van der Waals surface area contributed by atoms with Gasteiger partial charge in [0.05, 0.1) is 32.3 Å². The van der Waals surface area contributed by atoms with Crippen molar-refractivity contribution in [1.82, 2.24) is 5.43 Å². The van der Waals surface area contributed by atoms with E-state index < -0.39 is 27.4 Å². The van der Waals surface area contributed by atoms with Crippen LogP contribution in [0, 0.1) is 17.0 Å². The summed E-state index contributed by atoms with van der Waals surface area (Å²) in [6.45, 7) is 1.21. The molecule has 0 aliphatic carbocycles. The van der Waals surface area contributed by atoms with E-state index in [0.29, 0.717) is 0 Å². The Labute approximate surface area is 195 Å². The molecule has 0 aliphatic heterocycles. The lowest BCUT2D eigenvalue weighted by Crippen LogP contribution is -2.39. The second-order valence-electron chi connectivity index (χ2n) is 6.89. The molecule has 0 heterocycles. The Kier molecular flexibility index (Phi) is 7.41. The van der Waals surface area contributed by atoms with Crippen molar-refractivity contribution in [3.8, 4) is 0 Å². The molecular formula is C22H19ClN4O5S. The Hall–Kier alpha value is -3.76. The van der Waals surface area contributed by atoms with E-state index in [-0.39, 0.29) is 26.9 Å². The topological polar surface area (TPSA) is 122 Å². The molecule has 0 aliphatic rings. The van der Waals surface area contributed by atoms with E-state index in [1.54, 1.807) is 30.3 Å². The Bertz CT molecular complexity index is 1310. The highest BCUT2D eigenvalue weighted by atomic mass is 35.5. The average molecular weight is 487 g/mol. The van der Waals surface area contributed by atoms with E-state index in [9.17, 15) is 23.3 Å². The van der Waals surface area contributed by atoms with Gasteiger partial charge in [0.15, 0.2) is 0 Å². The van der Waals surface area contributed by atoms with E-state index in [2.05, 4.69) is 10.5 Å². The maximum absolute atomic E-state index is 13.3. The number of hydrogen-bond donors (Lipinski definition) is 1. The Morgan fingerprint density at radius 3 is 2.39 bits per heavy atom. The minimum Gasteiger partial charge on any atom is -0.271 e. The highest BCUT2D eigenvalue weighted by molar-refractivity contribution is 7.92. The van der Waals surface area contributed by atoms with Gasteiger partial charge in [-0.25, -0.2) is 13.8 Å². The van der Waals surface area contributed by atoms with Gasteiger partial charge in [-0.05, 0) is 37.3 Å². The van der Waals surface area contributed by atoms with Crippen LogP contribution in [0.25, 0.3) is 0 Å². The number of aryl methyl sites for hydroxylation is 1. The number of hydrogen-bond acceptors (Lipinski definition) is 6. The van der Waals surface area contributed by atoms with Crippen LogP contribution in [0.4, 0.5) is 11.4 Å². The van der Waals surface area contributed by atoms with E-state index in [1.807, 2.05) is 6.92 Å². The van der Waals surface area contributed by atoms with Gasteiger partial charge in [-0.1, -0.05) is 53.6 Å². The standard InChI is InChI=1S/C22H19ClN4O5S/c1-16-10-12-18(13-11-16)33(31,32)26(21-9-5-3-7-19(21)23)15-22(28)25-24-14-17-6-2-4-8-20(17)27(29)30/h2-14H,15H2,1H3,(H,25,28)/b24-14-. The summed E-state index contributed by atoms with van der Waals surface area (Å²) in [5, 5.41) is 15.0. The van der Waals surface area contributed by atoms with Crippen LogP contribution < -0.4 is 9.73 Å². The molecule has 1 amide bonds. The molecule has 9 nitrogen and oxygen atoms in total. The summed E-state index contributed by atoms with van der Waals surface area (Å²) in [4.78, 5) is 23.1. The zero-order valence-electron chi connectivity index (χ0n) is 17.4. The summed E-state index contributed by atoms with van der Waals surface area (Å²) in [6.07, 6.45) is 1.12. The first-order valence-corrected chi connectivity index (χ1v) is 11.4. The maximum Gasteiger partial charge on any atom is 0.278 e. The lowest BCUT2D eigenvalue weighted by Gasteiger charge is -2.24. The first-order chi connectivity index (χ1) is 15.7. The van der Waals surface area contributed by atoms with Gasteiger partial charge in [-0.2, -0.15) is 5.10 Å². The van der Waals surface area contributed by atoms with Crippen molar-refractivity contribution < 1.29 is 18.1 Å². The first kappa shape index (κ1) is 23.9. The molecule has 0 atom stereocenters. The number of para-hydroxylation sites is 2. The fraction of sp³-hybridized carbons (Fsp3) is 0.0909. The minimum absolute atomic E-state index is 0.00997. The molecule has 0 unspecified atom stereocenters. The van der Waals surface area contributed by atoms with Crippen molar-refractivity contribution in [1.29, 1.82) is 0 Å². The fourth-order valence-electron chi connectivity index (χ4n) is 2.89. The minimum atomic E-state index is -4.14. The molecule has 33 heavy (non-hydrogen) atoms. The maximum atomic E-state index is 13.3. The van der Waals surface area contributed by atoms with Crippen LogP contribution in [0.1, 0.15) is 11.1 Å². The third kappa shape index (κ3) is 5.73. The third-order valence-corrected chi connectivity index (χ3v) is 6.64. The van der Waals surface area contributed by atoms with E-state index in [4.69, 9.17) is 11.6 Å². The molecule has 0 spiro atoms. The van der Waals surface area contributed by atoms with Crippen molar-refractivity contribution in [2.45, 2.75) is 11.8 Å². The molecule has 11 heteroatoms. The van der Waals surface area contributed by atoms with Crippen LogP contribution in [0.2, 0.25) is 5.02 Å². The Balaban J connectivity index is 1.87. The summed E-state index contributed by atoms with van der Waals surface area (Å²) < 4.78 is 27.5. The van der Waals surface area contributed by atoms with Crippen molar-refractivity contribution >= 4 is 45.1 Å². The number of nitrogens with zero attached hydrogens (tertiary/aromatic N) is 3. The van der Waals surface area contributed by atoms with Crippen LogP contribution in [0.15, 0.2) is 82.8 Å². The number of rotatable bonds is 8. The van der Waals surface area contributed by atoms with Gasteiger partial charge in [0.25, 0.3) is 21.6 Å². The fourth-order valence-corrected chi connectivity index (χ4v) is 4.62. The van der Waals surface area contributed by atoms with E-state index in [1.165, 1.54) is 42.5 Å². The van der Waals surface area contributed by atoms with Crippen LogP contribution in [-0.2, 0) is 14.8 Å². The molecule has 3 aromatic carbocycles. The molecule has 3 rings (SSSR count). The highest BCUT2D eigenvalue weighted by Crippen LogP contribution is 2.30. The molecule has 0 saturated heterocycles. The lowest BCUT2D eigenvalue weighted by atomic mass is 10.2. The molecule has 0 bridgehead atoms. The van der Waals surface area contributed by atoms with Gasteiger partial charge in [-0.3, -0.25) is 19.2 Å². The lowest BCUT2D eigenvalue weighted by molar-refractivity contribution is -0.385. The number of nitrogens with one attached hydrogen (secondary N) is 1. The van der Waals surface area contributed by atoms with Gasteiger partial charge in [0.1, 0.15) is 6.54 Å². The number of carbonyl (C=O) groups is 1. The van der Waals surface area contributed by atoms with Crippen LogP contribution in [0.3, 0.4) is 0 Å². The summed E-state index contributed by atoms with van der Waals surface area (Å²) in [7, 11) is -4.14. The van der Waals surface area contributed by atoms with Gasteiger partial charge >= 0.3 is 0 Å². The molecular weight excluding hydrogens is 468 g/mol. The first-order valence-electron chi connectivity index (χ1n) is 9.59. The zero-order chi connectivity index (χ0) is 24.0. The monoisotopic (exact) mass is 486 g/mol. The molecule has 170 valence electrons. The zero-order valence-corrected chi connectivity index (χ0v) is 19.0. The molecule has 0 radical (unpaired) electrons. The predicted octanol–water partition coefficient (Wildman–Crippen LogP) is 3.90. The number of hydrazone groups is 1. The Morgan fingerprint density at radius 2 is 1.73 bits per heavy atom. The SMILES string of the molecule is Cc1ccc(S(=O)(=O)N(CC(=O)N/N=C\c2ccccc2[N+](=O)[O-])c2ccccc2Cl)cc1. The number of sulfonamides is 1. The van der Waals surface area contributed by atoms with Crippen LogP contribution in [-0.4, -0.2) is 32.0 Å². The normalized spacial score (nSPS) is 11.3. The number of amides is 1. The molecule has 0 saturated carbocycles. The second kappa shape index (κ2) is 10.2. The average Bonchev–Trinajstić information content (AvgIpc) is 2.78. The number of nitro groups is 1. The Morgan fingerprint density at radius 1 is 1.09 bits per heavy atom. The smallest absolute Gasteiger partial charge is 0.271 e. The van der Waals surface area contributed by atoms with Gasteiger partial charge in [0, 0.05) is 6.07 Å². The number of nitro benzene ring substituents is 1. The number of halogens is 1. The van der Waals surface area contributed by atoms with Crippen molar-refractivity contribution in [3.63, 3.8) is 0 Å². The van der Waals surface area contributed by atoms with E-state index in [0.717, 1.165) is 16.1 Å². The molecule has 0 fully saturated rings. The number of carbonyl (C=O) groups excluding carboxylic acids is 1. The highest BCUT2D eigenvalue weighted by Gasteiger charge is 2.28. The predicted molar refractivity (Wildman–Crippen MR) is 126 cm³/mol. The summed E-state index contributed by atoms with van der Waals surface area (Å²) >= 11 is 6.22. The molecule has 0 aromatic heterocycles. The van der Waals surface area contributed by atoms with Gasteiger partial charge in [0.2, 0.25) is 0 Å². The summed E-state index contributed by atoms with van der Waals surface area (Å²) in [5.74, 6) is -0.763. The summed E-state index contributed by atoms with van der Waals surface area (Å²) in [5.41, 5.74) is 3.20. The third-order valence-electron chi connectivity index (χ3n) is 4.54. The van der Waals surface area contributed by atoms with Crippen molar-refractivity contribution in [2.75, 3.05) is 10.8 Å². The largest absolute Gasteiger partial charge is 0.278 e. The van der Waals surface area contributed by atoms with Crippen molar-refractivity contribution in [3.05, 3.63) is 99.1 Å². The van der Waals surface area contributed by atoms with Gasteiger partial charge < -0.3 is 0 Å². The van der Waals surface area contributed by atoms with Gasteiger partial charge in [-0.15, -0.1) is 0 Å². The van der Waals surface area contributed by atoms with Crippen LogP contribution >= 0.6 is 11.6 Å². The number of benzene rings is 3. The van der Waals surface area contributed by atoms with E-state index >= 15 is 0 Å². The molecule has 1 N–H and O–H groups in total.